The zero-order valence-electron chi connectivity index (χ0n) is 8.91. The molecular formula is C11H20N2O. The van der Waals surface area contributed by atoms with Gasteiger partial charge in [-0.3, -0.25) is 9.69 Å². The van der Waals surface area contributed by atoms with E-state index in [2.05, 4.69) is 23.8 Å². The molecule has 80 valence electrons. The first-order chi connectivity index (χ1) is 6.79. The number of nitrogens with one attached hydrogen (secondary N) is 1. The Hall–Kier alpha value is -0.830. The molecule has 2 atom stereocenters. The van der Waals surface area contributed by atoms with Gasteiger partial charge in [-0.05, 0) is 19.9 Å². The van der Waals surface area contributed by atoms with Gasteiger partial charge in [-0.25, -0.2) is 0 Å². The second-order valence-corrected chi connectivity index (χ2v) is 3.97. The number of amides is 1. The summed E-state index contributed by atoms with van der Waals surface area (Å²) < 4.78 is 0. The summed E-state index contributed by atoms with van der Waals surface area (Å²) in [4.78, 5) is 12.7. The van der Waals surface area contributed by atoms with E-state index in [1.54, 1.807) is 0 Å². The molecule has 0 aromatic rings. The third-order valence-corrected chi connectivity index (χ3v) is 2.99. The number of hydrogen-bond acceptors (Lipinski definition) is 2. The van der Waals surface area contributed by atoms with Gasteiger partial charge >= 0.3 is 0 Å². The number of nitrogens with zero attached hydrogens (tertiary/aromatic N) is 1. The number of likely N-dealkylation sites (N-methyl/N-ethyl adjacent to an activating group) is 1. The van der Waals surface area contributed by atoms with E-state index >= 15 is 0 Å². The van der Waals surface area contributed by atoms with Crippen molar-refractivity contribution in [3.8, 4) is 0 Å². The van der Waals surface area contributed by atoms with E-state index in [1.807, 2.05) is 6.08 Å². The molecule has 0 radical (unpaired) electrons. The van der Waals surface area contributed by atoms with Crippen molar-refractivity contribution < 1.29 is 4.79 Å². The van der Waals surface area contributed by atoms with Crippen molar-refractivity contribution in [2.75, 3.05) is 13.6 Å². The van der Waals surface area contributed by atoms with Crippen molar-refractivity contribution in [1.29, 1.82) is 0 Å². The average Bonchev–Trinajstić information content (AvgIpc) is 2.19. The molecule has 0 saturated heterocycles. The predicted octanol–water partition coefficient (Wildman–Crippen LogP) is 1.16. The fourth-order valence-electron chi connectivity index (χ4n) is 2.26. The third kappa shape index (κ3) is 2.84. The standard InChI is InChI=1S/C11H20N2O/c1-3-8-13(2)11-7-5-4-6-10(11)12-9-14/h3,9-11H,1,4-8H2,2H3,(H,12,14). The van der Waals surface area contributed by atoms with Crippen LogP contribution in [0.2, 0.25) is 0 Å². The summed E-state index contributed by atoms with van der Waals surface area (Å²) in [6.45, 7) is 4.63. The van der Waals surface area contributed by atoms with Gasteiger partial charge in [0, 0.05) is 18.6 Å². The van der Waals surface area contributed by atoms with Crippen molar-refractivity contribution >= 4 is 6.41 Å². The first kappa shape index (κ1) is 11.2. The van der Waals surface area contributed by atoms with Crippen molar-refractivity contribution in [3.63, 3.8) is 0 Å². The Bertz CT molecular complexity index is 194. The molecule has 1 fully saturated rings. The smallest absolute Gasteiger partial charge is 0.207 e. The van der Waals surface area contributed by atoms with Gasteiger partial charge in [0.15, 0.2) is 0 Å². The monoisotopic (exact) mass is 196 g/mol. The van der Waals surface area contributed by atoms with Crippen LogP contribution in [0.3, 0.4) is 0 Å². The molecule has 0 bridgehead atoms. The second kappa shape index (κ2) is 5.81. The zero-order chi connectivity index (χ0) is 10.4. The minimum absolute atomic E-state index is 0.325. The Morgan fingerprint density at radius 1 is 1.50 bits per heavy atom. The maximum Gasteiger partial charge on any atom is 0.207 e. The van der Waals surface area contributed by atoms with Crippen LogP contribution in [-0.2, 0) is 4.79 Å². The van der Waals surface area contributed by atoms with Crippen LogP contribution >= 0.6 is 0 Å². The highest BCUT2D eigenvalue weighted by Gasteiger charge is 2.26. The predicted molar refractivity (Wildman–Crippen MR) is 58.1 cm³/mol. The normalized spacial score (nSPS) is 27.3. The van der Waals surface area contributed by atoms with Crippen molar-refractivity contribution in [1.82, 2.24) is 10.2 Å². The quantitative estimate of drug-likeness (QED) is 0.528. The lowest BCUT2D eigenvalue weighted by atomic mass is 9.89. The van der Waals surface area contributed by atoms with E-state index < -0.39 is 0 Å². The van der Waals surface area contributed by atoms with E-state index in [0.717, 1.165) is 19.4 Å². The van der Waals surface area contributed by atoms with Gasteiger partial charge < -0.3 is 5.32 Å². The van der Waals surface area contributed by atoms with Gasteiger partial charge in [-0.2, -0.15) is 0 Å². The fraction of sp³-hybridized carbons (Fsp3) is 0.727. The Morgan fingerprint density at radius 3 is 2.86 bits per heavy atom. The lowest BCUT2D eigenvalue weighted by molar-refractivity contribution is -0.110. The Kier molecular flexibility index (Phi) is 4.66. The van der Waals surface area contributed by atoms with Gasteiger partial charge in [0.25, 0.3) is 0 Å². The van der Waals surface area contributed by atoms with Crippen LogP contribution in [0.5, 0.6) is 0 Å². The minimum atomic E-state index is 0.325. The number of carbonyl (C=O) groups is 1. The lowest BCUT2D eigenvalue weighted by Crippen LogP contribution is -2.50. The molecule has 1 rings (SSSR count). The molecular weight excluding hydrogens is 176 g/mol. The minimum Gasteiger partial charge on any atom is -0.354 e. The van der Waals surface area contributed by atoms with Crippen LogP contribution in [0, 0.1) is 0 Å². The van der Waals surface area contributed by atoms with Crippen LogP contribution in [0.25, 0.3) is 0 Å². The lowest BCUT2D eigenvalue weighted by Gasteiger charge is -2.37. The van der Waals surface area contributed by atoms with Gasteiger partial charge in [-0.15, -0.1) is 6.58 Å². The molecule has 1 aliphatic rings. The van der Waals surface area contributed by atoms with E-state index in [-0.39, 0.29) is 0 Å². The average molecular weight is 196 g/mol. The number of hydrogen-bond donors (Lipinski definition) is 1. The first-order valence-electron chi connectivity index (χ1n) is 5.30. The van der Waals surface area contributed by atoms with E-state index in [9.17, 15) is 4.79 Å². The Labute approximate surface area is 86.2 Å². The van der Waals surface area contributed by atoms with Gasteiger partial charge in [-0.1, -0.05) is 18.9 Å². The van der Waals surface area contributed by atoms with Crippen LogP contribution in [0.1, 0.15) is 25.7 Å². The summed E-state index contributed by atoms with van der Waals surface area (Å²) in [7, 11) is 2.09. The molecule has 14 heavy (non-hydrogen) atoms. The van der Waals surface area contributed by atoms with Crippen molar-refractivity contribution in [3.05, 3.63) is 12.7 Å². The zero-order valence-corrected chi connectivity index (χ0v) is 8.91. The molecule has 1 aliphatic carbocycles. The van der Waals surface area contributed by atoms with E-state index in [1.165, 1.54) is 19.3 Å². The molecule has 0 spiro atoms. The first-order valence-corrected chi connectivity index (χ1v) is 5.30. The molecule has 1 saturated carbocycles. The summed E-state index contributed by atoms with van der Waals surface area (Å²) in [6, 6.07) is 0.804. The molecule has 3 nitrogen and oxygen atoms in total. The maximum absolute atomic E-state index is 10.4. The third-order valence-electron chi connectivity index (χ3n) is 2.99. The van der Waals surface area contributed by atoms with Gasteiger partial charge in [0.05, 0.1) is 0 Å². The van der Waals surface area contributed by atoms with Crippen LogP contribution in [0.4, 0.5) is 0 Å². The van der Waals surface area contributed by atoms with E-state index in [0.29, 0.717) is 12.1 Å². The largest absolute Gasteiger partial charge is 0.354 e. The molecule has 3 heteroatoms. The number of rotatable bonds is 5. The Balaban J connectivity index is 2.51. The maximum atomic E-state index is 10.4. The summed E-state index contributed by atoms with van der Waals surface area (Å²) in [5, 5.41) is 2.92. The summed E-state index contributed by atoms with van der Waals surface area (Å²) in [6.07, 6.45) is 7.51. The topological polar surface area (TPSA) is 32.3 Å². The summed E-state index contributed by atoms with van der Waals surface area (Å²) in [5.74, 6) is 0. The SMILES string of the molecule is C=CCN(C)C1CCCCC1NC=O. The molecule has 1 N–H and O–H groups in total. The van der Waals surface area contributed by atoms with E-state index in [4.69, 9.17) is 0 Å². The molecule has 0 aromatic heterocycles. The van der Waals surface area contributed by atoms with Gasteiger partial charge in [0.2, 0.25) is 6.41 Å². The molecule has 0 aliphatic heterocycles. The fourth-order valence-corrected chi connectivity index (χ4v) is 2.26. The van der Waals surface area contributed by atoms with Gasteiger partial charge in [0.1, 0.15) is 0 Å². The highest BCUT2D eigenvalue weighted by atomic mass is 16.1. The Morgan fingerprint density at radius 2 is 2.21 bits per heavy atom. The highest BCUT2D eigenvalue weighted by Crippen LogP contribution is 2.22. The van der Waals surface area contributed by atoms with Crippen LogP contribution < -0.4 is 5.32 Å². The molecule has 2 unspecified atom stereocenters. The highest BCUT2D eigenvalue weighted by molar-refractivity contribution is 5.46. The molecule has 0 heterocycles. The number of carbonyl (C=O) groups excluding carboxylic acids is 1. The second-order valence-electron chi connectivity index (χ2n) is 3.97. The van der Waals surface area contributed by atoms with Crippen molar-refractivity contribution in [2.24, 2.45) is 0 Å². The summed E-state index contributed by atoms with van der Waals surface area (Å²) in [5.41, 5.74) is 0. The summed E-state index contributed by atoms with van der Waals surface area (Å²) >= 11 is 0. The van der Waals surface area contributed by atoms with Crippen LogP contribution in [0.15, 0.2) is 12.7 Å². The molecule has 0 aromatic carbocycles. The van der Waals surface area contributed by atoms with Crippen molar-refractivity contribution in [2.45, 2.75) is 37.8 Å². The van der Waals surface area contributed by atoms with Crippen LogP contribution in [-0.4, -0.2) is 37.0 Å². The molecule has 1 amide bonds.